The summed E-state index contributed by atoms with van der Waals surface area (Å²) in [5, 5.41) is 3.51. The molecule has 0 aromatic heterocycles. The molecule has 0 saturated heterocycles. The lowest BCUT2D eigenvalue weighted by atomic mass is 10.2. The van der Waals surface area contributed by atoms with Crippen LogP contribution in [0.5, 0.6) is 0 Å². The van der Waals surface area contributed by atoms with Crippen molar-refractivity contribution in [2.75, 3.05) is 11.6 Å². The van der Waals surface area contributed by atoms with E-state index in [4.69, 9.17) is 4.84 Å². The van der Waals surface area contributed by atoms with Crippen molar-refractivity contribution < 1.29 is 9.63 Å². The molecule has 1 atom stereocenters. The van der Waals surface area contributed by atoms with Gasteiger partial charge >= 0.3 is 0 Å². The largest absolute Gasteiger partial charge is 0.301 e. The Hall–Kier alpha value is -1.81. The monoisotopic (exact) mass is 232 g/mol. The summed E-state index contributed by atoms with van der Waals surface area (Å²) in [6, 6.07) is 9.43. The number of allylic oxidation sites excluding steroid dienone is 1. The number of para-hydroxylation sites is 1. The second kappa shape index (κ2) is 5.01. The lowest BCUT2D eigenvalue weighted by Gasteiger charge is -2.33. The number of benzene rings is 1. The summed E-state index contributed by atoms with van der Waals surface area (Å²) in [7, 11) is 0. The van der Waals surface area contributed by atoms with Crippen molar-refractivity contribution in [1.82, 2.24) is 5.17 Å². The number of hydrogen-bond acceptors (Lipinski definition) is 4. The second-order valence-corrected chi connectivity index (χ2v) is 3.81. The second-order valence-electron chi connectivity index (χ2n) is 3.81. The highest BCUT2D eigenvalue weighted by Gasteiger charge is 2.30. The SMILES string of the molecule is CCON1C(C)=CC(C=O)N1c1ccccc1. The van der Waals surface area contributed by atoms with Crippen LogP contribution in [0.15, 0.2) is 42.1 Å². The fraction of sp³-hybridized carbons (Fsp3) is 0.308. The number of anilines is 1. The standard InChI is InChI=1S/C13H16N2O2/c1-3-17-15-11(2)9-13(10-16)14(15)12-7-5-4-6-8-12/h4-10,13H,3H2,1-2H3. The van der Waals surface area contributed by atoms with E-state index in [1.165, 1.54) is 0 Å². The minimum atomic E-state index is -0.302. The van der Waals surface area contributed by atoms with Crippen molar-refractivity contribution >= 4 is 12.0 Å². The zero-order valence-corrected chi connectivity index (χ0v) is 10.0. The molecule has 0 saturated carbocycles. The van der Waals surface area contributed by atoms with Crippen molar-refractivity contribution in [3.63, 3.8) is 0 Å². The van der Waals surface area contributed by atoms with E-state index in [9.17, 15) is 4.79 Å². The van der Waals surface area contributed by atoms with Gasteiger partial charge in [0.05, 0.1) is 18.0 Å². The van der Waals surface area contributed by atoms with Gasteiger partial charge in [-0.05, 0) is 32.1 Å². The van der Waals surface area contributed by atoms with Crippen molar-refractivity contribution in [2.45, 2.75) is 19.9 Å². The van der Waals surface area contributed by atoms with E-state index in [2.05, 4.69) is 0 Å². The zero-order valence-electron chi connectivity index (χ0n) is 10.0. The molecule has 1 aliphatic heterocycles. The summed E-state index contributed by atoms with van der Waals surface area (Å²) in [4.78, 5) is 16.7. The van der Waals surface area contributed by atoms with Crippen LogP contribution in [0.25, 0.3) is 0 Å². The van der Waals surface area contributed by atoms with Gasteiger partial charge in [-0.15, -0.1) is 0 Å². The van der Waals surface area contributed by atoms with Gasteiger partial charge in [-0.3, -0.25) is 4.84 Å². The van der Waals surface area contributed by atoms with Crippen LogP contribution in [0.1, 0.15) is 13.8 Å². The molecule has 1 heterocycles. The number of hydrazine groups is 1. The van der Waals surface area contributed by atoms with Crippen LogP contribution in [-0.2, 0) is 9.63 Å². The van der Waals surface area contributed by atoms with Crippen molar-refractivity contribution in [3.05, 3.63) is 42.1 Å². The first kappa shape index (κ1) is 11.7. The third-order valence-corrected chi connectivity index (χ3v) is 2.60. The molecule has 1 aliphatic rings. The molecule has 0 radical (unpaired) electrons. The van der Waals surface area contributed by atoms with E-state index >= 15 is 0 Å². The maximum absolute atomic E-state index is 11.1. The van der Waals surface area contributed by atoms with Gasteiger partial charge < -0.3 is 4.79 Å². The minimum Gasteiger partial charge on any atom is -0.301 e. The molecular weight excluding hydrogens is 216 g/mol. The summed E-state index contributed by atoms with van der Waals surface area (Å²) in [5.74, 6) is 0. The van der Waals surface area contributed by atoms with Gasteiger partial charge in [0, 0.05) is 0 Å². The smallest absolute Gasteiger partial charge is 0.148 e. The summed E-state index contributed by atoms with van der Waals surface area (Å²) >= 11 is 0. The van der Waals surface area contributed by atoms with E-state index < -0.39 is 0 Å². The minimum absolute atomic E-state index is 0.302. The average molecular weight is 232 g/mol. The Morgan fingerprint density at radius 2 is 2.06 bits per heavy atom. The topological polar surface area (TPSA) is 32.8 Å². The number of aldehydes is 1. The maximum atomic E-state index is 11.1. The first-order valence-corrected chi connectivity index (χ1v) is 5.69. The summed E-state index contributed by atoms with van der Waals surface area (Å²) in [6.45, 7) is 4.40. The Kier molecular flexibility index (Phi) is 3.44. The highest BCUT2D eigenvalue weighted by atomic mass is 16.7. The fourth-order valence-electron chi connectivity index (χ4n) is 1.91. The molecule has 0 aliphatic carbocycles. The predicted molar refractivity (Wildman–Crippen MR) is 66.0 cm³/mol. The van der Waals surface area contributed by atoms with Crippen LogP contribution in [0.2, 0.25) is 0 Å². The highest BCUT2D eigenvalue weighted by Crippen LogP contribution is 2.28. The van der Waals surface area contributed by atoms with E-state index in [-0.39, 0.29) is 6.04 Å². The Morgan fingerprint density at radius 1 is 1.35 bits per heavy atom. The third-order valence-electron chi connectivity index (χ3n) is 2.60. The molecule has 2 rings (SSSR count). The molecule has 0 amide bonds. The number of carbonyl (C=O) groups is 1. The molecular formula is C13H16N2O2. The highest BCUT2D eigenvalue weighted by molar-refractivity contribution is 5.70. The lowest BCUT2D eigenvalue weighted by Crippen LogP contribution is -2.43. The fourth-order valence-corrected chi connectivity index (χ4v) is 1.91. The lowest BCUT2D eigenvalue weighted by molar-refractivity contribution is -0.134. The van der Waals surface area contributed by atoms with Crippen LogP contribution in [0, 0.1) is 0 Å². The molecule has 4 nitrogen and oxygen atoms in total. The summed E-state index contributed by atoms with van der Waals surface area (Å²) in [5.41, 5.74) is 1.86. The van der Waals surface area contributed by atoms with Gasteiger partial charge in [0.15, 0.2) is 0 Å². The molecule has 90 valence electrons. The summed E-state index contributed by atoms with van der Waals surface area (Å²) in [6.07, 6.45) is 2.80. The molecule has 0 N–H and O–H groups in total. The first-order valence-electron chi connectivity index (χ1n) is 5.69. The predicted octanol–water partition coefficient (Wildman–Crippen LogP) is 2.15. The van der Waals surface area contributed by atoms with Gasteiger partial charge in [0.2, 0.25) is 0 Å². The van der Waals surface area contributed by atoms with Crippen molar-refractivity contribution in [3.8, 4) is 0 Å². The molecule has 0 fully saturated rings. The van der Waals surface area contributed by atoms with Crippen molar-refractivity contribution in [2.24, 2.45) is 0 Å². The first-order chi connectivity index (χ1) is 8.27. The molecule has 4 heteroatoms. The Bertz CT molecular complexity index is 417. The van der Waals surface area contributed by atoms with Crippen LogP contribution in [-0.4, -0.2) is 24.1 Å². The Balaban J connectivity index is 2.32. The molecule has 17 heavy (non-hydrogen) atoms. The number of carbonyl (C=O) groups excluding carboxylic acids is 1. The number of nitrogens with zero attached hydrogens (tertiary/aromatic N) is 2. The Morgan fingerprint density at radius 3 is 2.65 bits per heavy atom. The van der Waals surface area contributed by atoms with Gasteiger partial charge in [-0.25, -0.2) is 5.01 Å². The maximum Gasteiger partial charge on any atom is 0.148 e. The normalized spacial score (nSPS) is 19.4. The van der Waals surface area contributed by atoms with Gasteiger partial charge in [0.25, 0.3) is 0 Å². The number of hydroxylamine groups is 1. The number of rotatable bonds is 4. The van der Waals surface area contributed by atoms with Crippen LogP contribution < -0.4 is 5.01 Å². The third kappa shape index (κ3) is 2.17. The Labute approximate surface area is 101 Å². The van der Waals surface area contributed by atoms with Crippen LogP contribution >= 0.6 is 0 Å². The van der Waals surface area contributed by atoms with Gasteiger partial charge in [0.1, 0.15) is 12.3 Å². The zero-order chi connectivity index (χ0) is 12.3. The van der Waals surface area contributed by atoms with E-state index in [0.717, 1.165) is 17.7 Å². The van der Waals surface area contributed by atoms with Crippen LogP contribution in [0.4, 0.5) is 5.69 Å². The molecule has 1 aromatic rings. The van der Waals surface area contributed by atoms with Crippen molar-refractivity contribution in [1.29, 1.82) is 0 Å². The van der Waals surface area contributed by atoms with Gasteiger partial charge in [-0.1, -0.05) is 18.2 Å². The van der Waals surface area contributed by atoms with E-state index in [0.29, 0.717) is 6.61 Å². The van der Waals surface area contributed by atoms with Crippen LogP contribution in [0.3, 0.4) is 0 Å². The molecule has 1 unspecified atom stereocenters. The molecule has 0 bridgehead atoms. The van der Waals surface area contributed by atoms with E-state index in [1.54, 1.807) is 5.17 Å². The van der Waals surface area contributed by atoms with Gasteiger partial charge in [-0.2, -0.15) is 5.17 Å². The molecule has 1 aromatic carbocycles. The quantitative estimate of drug-likeness (QED) is 0.745. The van der Waals surface area contributed by atoms with E-state index in [1.807, 2.05) is 55.3 Å². The average Bonchev–Trinajstić information content (AvgIpc) is 2.68. The number of hydrogen-bond donors (Lipinski definition) is 0. The molecule has 0 spiro atoms. The summed E-state index contributed by atoms with van der Waals surface area (Å²) < 4.78 is 0.